The van der Waals surface area contributed by atoms with Crippen molar-refractivity contribution < 1.29 is 14.2 Å². The van der Waals surface area contributed by atoms with Crippen LogP contribution in [0.3, 0.4) is 0 Å². The van der Waals surface area contributed by atoms with Crippen molar-refractivity contribution in [1.29, 1.82) is 0 Å². The molecule has 0 amide bonds. The van der Waals surface area contributed by atoms with Crippen molar-refractivity contribution >= 4 is 0 Å². The summed E-state index contributed by atoms with van der Waals surface area (Å²) in [5, 5.41) is 3.42. The summed E-state index contributed by atoms with van der Waals surface area (Å²) >= 11 is 0. The molecule has 1 saturated carbocycles. The van der Waals surface area contributed by atoms with E-state index >= 15 is 0 Å². The van der Waals surface area contributed by atoms with Gasteiger partial charge >= 0.3 is 0 Å². The Hall–Kier alpha value is -0.880. The summed E-state index contributed by atoms with van der Waals surface area (Å²) < 4.78 is 18.0. The van der Waals surface area contributed by atoms with Crippen LogP contribution in [0.1, 0.15) is 24.4 Å². The molecule has 0 bridgehead atoms. The van der Waals surface area contributed by atoms with E-state index in [2.05, 4.69) is 28.3 Å². The predicted octanol–water partition coefficient (Wildman–Crippen LogP) is 1.84. The summed E-state index contributed by atoms with van der Waals surface area (Å²) in [5.74, 6) is 0.825. The van der Waals surface area contributed by atoms with Gasteiger partial charge in [-0.2, -0.15) is 0 Å². The minimum absolute atomic E-state index is 0.515. The van der Waals surface area contributed by atoms with Crippen molar-refractivity contribution in [3.8, 4) is 0 Å². The summed E-state index contributed by atoms with van der Waals surface area (Å²) in [5.41, 5.74) is 1.39. The first-order chi connectivity index (χ1) is 10.3. The molecule has 1 N–H and O–H groups in total. The highest BCUT2D eigenvalue weighted by Gasteiger charge is 2.31. The second-order valence-electron chi connectivity index (χ2n) is 5.50. The Balaban J connectivity index is 1.57. The maximum Gasteiger partial charge on any atom is 0.0701 e. The third-order valence-corrected chi connectivity index (χ3v) is 3.83. The molecular formula is C16H28N2O3. The average molecular weight is 296 g/mol. The molecule has 2 rings (SSSR count). The molecule has 1 heterocycles. The lowest BCUT2D eigenvalue weighted by Gasteiger charge is -2.13. The number of nitrogens with one attached hydrogen (secondary N) is 1. The van der Waals surface area contributed by atoms with Gasteiger partial charge in [-0.05, 0) is 37.4 Å². The van der Waals surface area contributed by atoms with Gasteiger partial charge in [0, 0.05) is 32.1 Å². The zero-order valence-corrected chi connectivity index (χ0v) is 13.2. The lowest BCUT2D eigenvalue weighted by Crippen LogP contribution is -2.17. The molecule has 0 radical (unpaired) electrons. The summed E-state index contributed by atoms with van der Waals surface area (Å²) in [6.45, 7) is 4.14. The van der Waals surface area contributed by atoms with E-state index in [1.807, 2.05) is 7.05 Å². The minimum atomic E-state index is 0.515. The molecule has 21 heavy (non-hydrogen) atoms. The predicted molar refractivity (Wildman–Crippen MR) is 82.5 cm³/mol. The fourth-order valence-electron chi connectivity index (χ4n) is 2.52. The van der Waals surface area contributed by atoms with Gasteiger partial charge < -0.3 is 24.1 Å². The summed E-state index contributed by atoms with van der Waals surface area (Å²) in [6, 6.07) is 2.73. The molecule has 1 unspecified atom stereocenters. The summed E-state index contributed by atoms with van der Waals surface area (Å²) in [7, 11) is 3.72. The maximum atomic E-state index is 5.57. The molecule has 1 aliphatic carbocycles. The van der Waals surface area contributed by atoms with Crippen LogP contribution in [0.4, 0.5) is 0 Å². The molecule has 0 spiro atoms. The zero-order chi connectivity index (χ0) is 14.9. The van der Waals surface area contributed by atoms with E-state index in [0.717, 1.165) is 19.1 Å². The molecule has 5 nitrogen and oxygen atoms in total. The summed E-state index contributed by atoms with van der Waals surface area (Å²) in [4.78, 5) is 0. The molecule has 1 aromatic rings. The molecule has 0 saturated heterocycles. The number of rotatable bonds is 12. The molecule has 1 atom stereocenters. The van der Waals surface area contributed by atoms with Gasteiger partial charge in [0.2, 0.25) is 0 Å². The van der Waals surface area contributed by atoms with E-state index in [1.165, 1.54) is 18.4 Å². The zero-order valence-electron chi connectivity index (χ0n) is 13.2. The SMILES string of the molecule is CNC(c1ccn(CCOCCOCCOC)c1)C1CC1. The quantitative estimate of drug-likeness (QED) is 0.598. The Labute approximate surface area is 127 Å². The van der Waals surface area contributed by atoms with Crippen LogP contribution < -0.4 is 5.32 Å². The van der Waals surface area contributed by atoms with Crippen molar-refractivity contribution in [3.63, 3.8) is 0 Å². The van der Waals surface area contributed by atoms with Gasteiger partial charge in [0.25, 0.3) is 0 Å². The van der Waals surface area contributed by atoms with Gasteiger partial charge in [-0.3, -0.25) is 0 Å². The van der Waals surface area contributed by atoms with Crippen molar-refractivity contribution in [2.75, 3.05) is 47.2 Å². The Bertz CT molecular complexity index is 391. The largest absolute Gasteiger partial charge is 0.382 e. The minimum Gasteiger partial charge on any atom is -0.382 e. The number of hydrogen-bond donors (Lipinski definition) is 1. The summed E-state index contributed by atoms with van der Waals surface area (Å²) in [6.07, 6.45) is 7.07. The fraction of sp³-hybridized carbons (Fsp3) is 0.750. The molecule has 120 valence electrons. The lowest BCUT2D eigenvalue weighted by atomic mass is 10.1. The van der Waals surface area contributed by atoms with Gasteiger partial charge in [-0.1, -0.05) is 0 Å². The number of methoxy groups -OCH3 is 1. The first-order valence-corrected chi connectivity index (χ1v) is 7.82. The second kappa shape index (κ2) is 9.20. The first kappa shape index (κ1) is 16.5. The fourth-order valence-corrected chi connectivity index (χ4v) is 2.52. The van der Waals surface area contributed by atoms with Gasteiger partial charge in [-0.25, -0.2) is 0 Å². The van der Waals surface area contributed by atoms with Gasteiger partial charge in [0.1, 0.15) is 0 Å². The van der Waals surface area contributed by atoms with E-state index in [0.29, 0.717) is 32.5 Å². The van der Waals surface area contributed by atoms with Crippen LogP contribution >= 0.6 is 0 Å². The van der Waals surface area contributed by atoms with E-state index in [4.69, 9.17) is 14.2 Å². The highest BCUT2D eigenvalue weighted by molar-refractivity contribution is 5.18. The highest BCUT2D eigenvalue weighted by Crippen LogP contribution is 2.40. The molecule has 1 aliphatic rings. The van der Waals surface area contributed by atoms with Crippen LogP contribution in [0, 0.1) is 5.92 Å². The number of ether oxygens (including phenoxy) is 3. The monoisotopic (exact) mass is 296 g/mol. The van der Waals surface area contributed by atoms with Crippen LogP contribution in [0.5, 0.6) is 0 Å². The lowest BCUT2D eigenvalue weighted by molar-refractivity contribution is 0.0230. The Kier molecular flexibility index (Phi) is 7.23. The number of hydrogen-bond acceptors (Lipinski definition) is 4. The Morgan fingerprint density at radius 2 is 1.90 bits per heavy atom. The number of aromatic nitrogens is 1. The number of nitrogens with zero attached hydrogens (tertiary/aromatic N) is 1. The van der Waals surface area contributed by atoms with Crippen molar-refractivity contribution in [2.24, 2.45) is 5.92 Å². The molecule has 5 heteroatoms. The van der Waals surface area contributed by atoms with Crippen LogP contribution in [-0.2, 0) is 20.8 Å². The molecule has 1 aromatic heterocycles. The normalized spacial score (nSPS) is 16.3. The van der Waals surface area contributed by atoms with E-state index in [9.17, 15) is 0 Å². The highest BCUT2D eigenvalue weighted by atomic mass is 16.5. The van der Waals surface area contributed by atoms with Gasteiger partial charge in [0.05, 0.1) is 33.0 Å². The standard InChI is InChI=1S/C16H28N2O3/c1-17-16(14-3-4-14)15-5-6-18(13-15)7-8-20-11-12-21-10-9-19-2/h5-6,13-14,16-17H,3-4,7-12H2,1-2H3. The van der Waals surface area contributed by atoms with Crippen molar-refractivity contribution in [1.82, 2.24) is 9.88 Å². The van der Waals surface area contributed by atoms with E-state index in [-0.39, 0.29) is 0 Å². The smallest absolute Gasteiger partial charge is 0.0701 e. The molecule has 0 aliphatic heterocycles. The van der Waals surface area contributed by atoms with Crippen LogP contribution in [0.25, 0.3) is 0 Å². The van der Waals surface area contributed by atoms with E-state index in [1.54, 1.807) is 7.11 Å². The van der Waals surface area contributed by atoms with Crippen molar-refractivity contribution in [3.05, 3.63) is 24.0 Å². The molecular weight excluding hydrogens is 268 g/mol. The van der Waals surface area contributed by atoms with E-state index < -0.39 is 0 Å². The first-order valence-electron chi connectivity index (χ1n) is 7.82. The second-order valence-corrected chi connectivity index (χ2v) is 5.50. The van der Waals surface area contributed by atoms with Crippen LogP contribution in [0.2, 0.25) is 0 Å². The van der Waals surface area contributed by atoms with Crippen LogP contribution in [0.15, 0.2) is 18.5 Å². The van der Waals surface area contributed by atoms with Gasteiger partial charge in [-0.15, -0.1) is 0 Å². The Morgan fingerprint density at radius 3 is 2.57 bits per heavy atom. The van der Waals surface area contributed by atoms with Crippen LogP contribution in [-0.4, -0.2) is 51.8 Å². The molecule has 0 aromatic carbocycles. The van der Waals surface area contributed by atoms with Crippen molar-refractivity contribution in [2.45, 2.75) is 25.4 Å². The topological polar surface area (TPSA) is 44.7 Å². The third kappa shape index (κ3) is 5.79. The molecule has 1 fully saturated rings. The van der Waals surface area contributed by atoms with Gasteiger partial charge in [0.15, 0.2) is 0 Å². The third-order valence-electron chi connectivity index (χ3n) is 3.83. The Morgan fingerprint density at radius 1 is 1.19 bits per heavy atom. The average Bonchev–Trinajstić information content (AvgIpc) is 3.22. The maximum absolute atomic E-state index is 5.57.